The minimum absolute atomic E-state index is 0.0551. The zero-order chi connectivity index (χ0) is 17.9. The summed E-state index contributed by atoms with van der Waals surface area (Å²) in [4.78, 5) is 36.5. The molecule has 0 atom stereocenters. The van der Waals surface area contributed by atoms with Gasteiger partial charge >= 0.3 is 0 Å². The maximum Gasteiger partial charge on any atom is 0.274 e. The van der Waals surface area contributed by atoms with Gasteiger partial charge in [0, 0.05) is 52.5 Å². The Hall–Kier alpha value is -2.02. The van der Waals surface area contributed by atoms with Crippen molar-refractivity contribution in [1.29, 1.82) is 0 Å². The summed E-state index contributed by atoms with van der Waals surface area (Å²) >= 11 is 0. The van der Waals surface area contributed by atoms with E-state index in [1.54, 1.807) is 23.1 Å². The summed E-state index contributed by atoms with van der Waals surface area (Å²) in [5, 5.41) is 0. The molecule has 0 aliphatic heterocycles. The third kappa shape index (κ3) is 6.23. The van der Waals surface area contributed by atoms with E-state index in [9.17, 15) is 9.59 Å². The van der Waals surface area contributed by atoms with Crippen LogP contribution in [0.5, 0.6) is 0 Å². The predicted octanol–water partition coefficient (Wildman–Crippen LogP) is 1.52. The number of hydrogen-bond donors (Lipinski definition) is 0. The van der Waals surface area contributed by atoms with Crippen LogP contribution in [0.2, 0.25) is 0 Å². The molecule has 0 radical (unpaired) electrons. The van der Waals surface area contributed by atoms with Crippen molar-refractivity contribution in [1.82, 2.24) is 19.8 Å². The number of carbonyl (C=O) groups is 2. The molecule has 0 aliphatic carbocycles. The molecular formula is C17H28N4O3. The second-order valence-corrected chi connectivity index (χ2v) is 5.50. The van der Waals surface area contributed by atoms with E-state index in [0.717, 1.165) is 5.69 Å². The second-order valence-electron chi connectivity index (χ2n) is 5.50. The molecular weight excluding hydrogens is 308 g/mol. The highest BCUT2D eigenvalue weighted by Gasteiger charge is 2.19. The van der Waals surface area contributed by atoms with Gasteiger partial charge in [-0.25, -0.2) is 4.98 Å². The van der Waals surface area contributed by atoms with Crippen molar-refractivity contribution in [2.45, 2.75) is 33.6 Å². The molecule has 0 bridgehead atoms. The Labute approximate surface area is 144 Å². The minimum atomic E-state index is -0.203. The van der Waals surface area contributed by atoms with Crippen LogP contribution in [0.1, 0.15) is 42.9 Å². The number of nitrogens with zero attached hydrogens (tertiary/aromatic N) is 4. The quantitative estimate of drug-likeness (QED) is 0.606. The highest BCUT2D eigenvalue weighted by atomic mass is 16.5. The normalized spacial score (nSPS) is 10.5. The summed E-state index contributed by atoms with van der Waals surface area (Å²) in [5.74, 6) is -0.148. The van der Waals surface area contributed by atoms with Crippen LogP contribution in [0.4, 0.5) is 0 Å². The summed E-state index contributed by atoms with van der Waals surface area (Å²) in [6, 6.07) is 0. The lowest BCUT2D eigenvalue weighted by Gasteiger charge is -2.24. The Balaban J connectivity index is 2.73. The average molecular weight is 336 g/mol. The first-order valence-corrected chi connectivity index (χ1v) is 8.38. The summed E-state index contributed by atoms with van der Waals surface area (Å²) in [7, 11) is 1.63. The Morgan fingerprint density at radius 1 is 1.08 bits per heavy atom. The topological polar surface area (TPSA) is 75.6 Å². The van der Waals surface area contributed by atoms with Crippen molar-refractivity contribution in [3.05, 3.63) is 23.8 Å². The van der Waals surface area contributed by atoms with E-state index in [-0.39, 0.29) is 11.8 Å². The number of amides is 2. The lowest BCUT2D eigenvalue weighted by atomic mass is 10.2. The first-order chi connectivity index (χ1) is 11.5. The van der Waals surface area contributed by atoms with Crippen LogP contribution in [0, 0.1) is 6.92 Å². The third-order valence-corrected chi connectivity index (χ3v) is 3.78. The lowest BCUT2D eigenvalue weighted by molar-refractivity contribution is -0.131. The minimum Gasteiger partial charge on any atom is -0.385 e. The largest absolute Gasteiger partial charge is 0.385 e. The fourth-order valence-corrected chi connectivity index (χ4v) is 2.34. The van der Waals surface area contributed by atoms with E-state index in [2.05, 4.69) is 9.97 Å². The van der Waals surface area contributed by atoms with Crippen molar-refractivity contribution in [3.8, 4) is 0 Å². The van der Waals surface area contributed by atoms with Crippen LogP contribution in [0.25, 0.3) is 0 Å². The van der Waals surface area contributed by atoms with Gasteiger partial charge in [0.25, 0.3) is 5.91 Å². The van der Waals surface area contributed by atoms with Crippen molar-refractivity contribution in [2.24, 2.45) is 0 Å². The van der Waals surface area contributed by atoms with Crippen LogP contribution in [0.3, 0.4) is 0 Å². The molecule has 7 nitrogen and oxygen atoms in total. The Kier molecular flexibility index (Phi) is 8.93. The number of carbonyl (C=O) groups excluding carboxylic acids is 2. The molecule has 0 fully saturated rings. The van der Waals surface area contributed by atoms with Gasteiger partial charge in [0.05, 0.1) is 11.9 Å². The summed E-state index contributed by atoms with van der Waals surface area (Å²) in [5.41, 5.74) is 1.06. The monoisotopic (exact) mass is 336 g/mol. The smallest absolute Gasteiger partial charge is 0.274 e. The number of rotatable bonds is 10. The zero-order valence-corrected chi connectivity index (χ0v) is 15.1. The van der Waals surface area contributed by atoms with Crippen LogP contribution in [-0.4, -0.2) is 71.5 Å². The molecule has 2 amide bonds. The van der Waals surface area contributed by atoms with Gasteiger partial charge < -0.3 is 14.5 Å². The molecule has 7 heteroatoms. The number of aromatic nitrogens is 2. The third-order valence-electron chi connectivity index (χ3n) is 3.78. The van der Waals surface area contributed by atoms with E-state index in [1.165, 1.54) is 6.20 Å². The Bertz CT molecular complexity index is 515. The first-order valence-electron chi connectivity index (χ1n) is 8.38. The summed E-state index contributed by atoms with van der Waals surface area (Å²) in [6.45, 7) is 8.53. The van der Waals surface area contributed by atoms with Gasteiger partial charge in [-0.15, -0.1) is 0 Å². The van der Waals surface area contributed by atoms with Crippen LogP contribution < -0.4 is 0 Å². The van der Waals surface area contributed by atoms with E-state index in [0.29, 0.717) is 51.3 Å². The molecule has 1 aromatic heterocycles. The fourth-order valence-electron chi connectivity index (χ4n) is 2.34. The maximum atomic E-state index is 12.6. The molecule has 0 N–H and O–H groups in total. The van der Waals surface area contributed by atoms with Gasteiger partial charge in [0.1, 0.15) is 5.69 Å². The van der Waals surface area contributed by atoms with Crippen molar-refractivity contribution >= 4 is 11.8 Å². The van der Waals surface area contributed by atoms with E-state index < -0.39 is 0 Å². The first kappa shape index (κ1) is 20.0. The molecule has 1 heterocycles. The molecule has 0 saturated heterocycles. The maximum absolute atomic E-state index is 12.6. The highest BCUT2D eigenvalue weighted by molar-refractivity contribution is 5.92. The average Bonchev–Trinajstić information content (AvgIpc) is 2.59. The molecule has 1 aromatic rings. The molecule has 0 aromatic carbocycles. The highest BCUT2D eigenvalue weighted by Crippen LogP contribution is 2.05. The summed E-state index contributed by atoms with van der Waals surface area (Å²) < 4.78 is 5.05. The molecule has 0 unspecified atom stereocenters. The van der Waals surface area contributed by atoms with Gasteiger partial charge in [-0.3, -0.25) is 14.6 Å². The number of aryl methyl sites for hydroxylation is 1. The molecule has 0 aliphatic rings. The van der Waals surface area contributed by atoms with Gasteiger partial charge in [0.15, 0.2) is 0 Å². The van der Waals surface area contributed by atoms with Crippen molar-refractivity contribution < 1.29 is 14.3 Å². The molecule has 24 heavy (non-hydrogen) atoms. The zero-order valence-electron chi connectivity index (χ0n) is 15.1. The standard InChI is InChI=1S/C17H28N4O3/c1-5-20(6-2)16(22)8-10-21(9-7-11-24-4)17(23)15-13-18-14(3)12-19-15/h12-13H,5-11H2,1-4H3. The Morgan fingerprint density at radius 2 is 1.79 bits per heavy atom. The van der Waals surface area contributed by atoms with Crippen LogP contribution in [-0.2, 0) is 9.53 Å². The lowest BCUT2D eigenvalue weighted by Crippen LogP contribution is -2.38. The number of methoxy groups -OCH3 is 1. The summed E-state index contributed by atoms with van der Waals surface area (Å²) in [6.07, 6.45) is 4.06. The molecule has 0 saturated carbocycles. The van der Waals surface area contributed by atoms with Gasteiger partial charge in [-0.1, -0.05) is 0 Å². The fraction of sp³-hybridized carbons (Fsp3) is 0.647. The van der Waals surface area contributed by atoms with Gasteiger partial charge in [-0.2, -0.15) is 0 Å². The SMILES string of the molecule is CCN(CC)C(=O)CCN(CCCOC)C(=O)c1cnc(C)cn1. The van der Waals surface area contributed by atoms with E-state index in [1.807, 2.05) is 20.8 Å². The molecule has 134 valence electrons. The van der Waals surface area contributed by atoms with Crippen molar-refractivity contribution in [3.63, 3.8) is 0 Å². The number of hydrogen-bond acceptors (Lipinski definition) is 5. The van der Waals surface area contributed by atoms with Crippen molar-refractivity contribution in [2.75, 3.05) is 39.9 Å². The molecule has 1 rings (SSSR count). The second kappa shape index (κ2) is 10.7. The predicted molar refractivity (Wildman–Crippen MR) is 91.7 cm³/mol. The Morgan fingerprint density at radius 3 is 2.33 bits per heavy atom. The van der Waals surface area contributed by atoms with Crippen LogP contribution in [0.15, 0.2) is 12.4 Å². The van der Waals surface area contributed by atoms with E-state index >= 15 is 0 Å². The van der Waals surface area contributed by atoms with Gasteiger partial charge in [-0.05, 0) is 27.2 Å². The number of ether oxygens (including phenoxy) is 1. The molecule has 0 spiro atoms. The van der Waals surface area contributed by atoms with E-state index in [4.69, 9.17) is 4.74 Å². The van der Waals surface area contributed by atoms with Crippen LogP contribution >= 0.6 is 0 Å². The van der Waals surface area contributed by atoms with Gasteiger partial charge in [0.2, 0.25) is 5.91 Å².